The average Bonchev–Trinajstić information content (AvgIpc) is 3.05. The molecule has 1 saturated heterocycles. The van der Waals surface area contributed by atoms with Gasteiger partial charge in [0, 0.05) is 18.6 Å². The predicted molar refractivity (Wildman–Crippen MR) is 68.8 cm³/mol. The first-order valence-electron chi connectivity index (χ1n) is 6.46. The molecule has 1 N–H and O–H groups in total. The maximum atomic E-state index is 9.69. The van der Waals surface area contributed by atoms with E-state index in [-0.39, 0.29) is 11.9 Å². The topological polar surface area (TPSA) is 68.4 Å². The molecule has 2 heterocycles. The third kappa shape index (κ3) is 2.61. The Morgan fingerprint density at radius 1 is 1.42 bits per heavy atom. The van der Waals surface area contributed by atoms with E-state index in [1.807, 2.05) is 19.1 Å². The van der Waals surface area contributed by atoms with Crippen LogP contribution in [0.15, 0.2) is 22.7 Å². The van der Waals surface area contributed by atoms with E-state index in [9.17, 15) is 5.11 Å². The standard InChI is InChI=1S/C14H16N2O3/c1-9-4-5-10(7-12(9)17)14-15-13(16-19-14)8-11-3-2-6-18-11/h4-5,7,11,17H,2-3,6,8H2,1H3. The summed E-state index contributed by atoms with van der Waals surface area (Å²) in [6.07, 6.45) is 3.04. The maximum Gasteiger partial charge on any atom is 0.258 e. The summed E-state index contributed by atoms with van der Waals surface area (Å²) in [5.41, 5.74) is 1.55. The number of rotatable bonds is 3. The van der Waals surface area contributed by atoms with E-state index in [1.54, 1.807) is 6.07 Å². The summed E-state index contributed by atoms with van der Waals surface area (Å²) in [5, 5.41) is 13.6. The van der Waals surface area contributed by atoms with Crippen molar-refractivity contribution in [1.82, 2.24) is 10.1 Å². The van der Waals surface area contributed by atoms with Gasteiger partial charge in [-0.1, -0.05) is 11.2 Å². The van der Waals surface area contributed by atoms with Crippen molar-refractivity contribution in [2.75, 3.05) is 6.61 Å². The summed E-state index contributed by atoms with van der Waals surface area (Å²) in [7, 11) is 0. The van der Waals surface area contributed by atoms with E-state index in [1.165, 1.54) is 0 Å². The van der Waals surface area contributed by atoms with Gasteiger partial charge in [-0.15, -0.1) is 0 Å². The highest BCUT2D eigenvalue weighted by Gasteiger charge is 2.19. The van der Waals surface area contributed by atoms with Crippen LogP contribution in [0.25, 0.3) is 11.5 Å². The molecule has 0 bridgehead atoms. The quantitative estimate of drug-likeness (QED) is 0.918. The Kier molecular flexibility index (Phi) is 3.21. The maximum absolute atomic E-state index is 9.69. The van der Waals surface area contributed by atoms with Gasteiger partial charge in [0.1, 0.15) is 5.75 Å². The Morgan fingerprint density at radius 3 is 3.05 bits per heavy atom. The molecule has 1 atom stereocenters. The first kappa shape index (κ1) is 12.2. The second kappa shape index (κ2) is 5.01. The number of phenolic OH excluding ortho intramolecular Hbond substituents is 1. The largest absolute Gasteiger partial charge is 0.508 e. The smallest absolute Gasteiger partial charge is 0.258 e. The molecule has 5 heteroatoms. The number of aryl methyl sites for hydroxylation is 1. The van der Waals surface area contributed by atoms with Gasteiger partial charge in [-0.25, -0.2) is 0 Å². The lowest BCUT2D eigenvalue weighted by Gasteiger charge is -2.03. The minimum absolute atomic E-state index is 0.205. The molecule has 0 saturated carbocycles. The fraction of sp³-hybridized carbons (Fsp3) is 0.429. The summed E-state index contributed by atoms with van der Waals surface area (Å²) in [5.74, 6) is 1.32. The zero-order valence-corrected chi connectivity index (χ0v) is 10.8. The molecule has 1 aromatic carbocycles. The number of hydrogen-bond acceptors (Lipinski definition) is 5. The number of aromatic hydroxyl groups is 1. The highest BCUT2D eigenvalue weighted by atomic mass is 16.5. The number of nitrogens with zero attached hydrogens (tertiary/aromatic N) is 2. The number of ether oxygens (including phenoxy) is 1. The van der Waals surface area contributed by atoms with Crippen LogP contribution in [0.4, 0.5) is 0 Å². The van der Waals surface area contributed by atoms with Crippen molar-refractivity contribution in [2.24, 2.45) is 0 Å². The molecule has 0 aliphatic carbocycles. The van der Waals surface area contributed by atoms with Gasteiger partial charge in [-0.05, 0) is 37.5 Å². The van der Waals surface area contributed by atoms with Crippen molar-refractivity contribution in [1.29, 1.82) is 0 Å². The monoisotopic (exact) mass is 260 g/mol. The third-order valence-corrected chi connectivity index (χ3v) is 3.36. The van der Waals surface area contributed by atoms with Crippen molar-refractivity contribution in [2.45, 2.75) is 32.3 Å². The molecule has 2 aromatic rings. The number of benzene rings is 1. The number of phenols is 1. The zero-order valence-electron chi connectivity index (χ0n) is 10.8. The van der Waals surface area contributed by atoms with Crippen molar-refractivity contribution in [3.8, 4) is 17.2 Å². The van der Waals surface area contributed by atoms with Crippen molar-refractivity contribution in [3.63, 3.8) is 0 Å². The number of aromatic nitrogens is 2. The van der Waals surface area contributed by atoms with Gasteiger partial charge >= 0.3 is 0 Å². The summed E-state index contributed by atoms with van der Waals surface area (Å²) < 4.78 is 10.8. The second-order valence-electron chi connectivity index (χ2n) is 4.86. The lowest BCUT2D eigenvalue weighted by atomic mass is 10.1. The predicted octanol–water partition coefficient (Wildman–Crippen LogP) is 2.47. The average molecular weight is 260 g/mol. The van der Waals surface area contributed by atoms with Gasteiger partial charge in [-0.2, -0.15) is 4.98 Å². The van der Waals surface area contributed by atoms with E-state index in [0.717, 1.165) is 30.6 Å². The fourth-order valence-electron chi connectivity index (χ4n) is 2.21. The van der Waals surface area contributed by atoms with Crippen LogP contribution in [-0.2, 0) is 11.2 Å². The van der Waals surface area contributed by atoms with Gasteiger partial charge in [0.05, 0.1) is 6.10 Å². The van der Waals surface area contributed by atoms with Crippen LogP contribution in [0.3, 0.4) is 0 Å². The normalized spacial score (nSPS) is 18.9. The molecule has 1 aliphatic heterocycles. The van der Waals surface area contributed by atoms with E-state index >= 15 is 0 Å². The minimum Gasteiger partial charge on any atom is -0.508 e. The molecule has 1 aromatic heterocycles. The van der Waals surface area contributed by atoms with Crippen LogP contribution in [0.1, 0.15) is 24.2 Å². The van der Waals surface area contributed by atoms with E-state index in [0.29, 0.717) is 18.1 Å². The van der Waals surface area contributed by atoms with Crippen molar-refractivity contribution >= 4 is 0 Å². The molecule has 1 fully saturated rings. The highest BCUT2D eigenvalue weighted by molar-refractivity contribution is 5.57. The van der Waals surface area contributed by atoms with Gasteiger partial charge in [0.2, 0.25) is 0 Å². The van der Waals surface area contributed by atoms with Crippen LogP contribution < -0.4 is 0 Å². The van der Waals surface area contributed by atoms with E-state index < -0.39 is 0 Å². The van der Waals surface area contributed by atoms with Crippen molar-refractivity contribution in [3.05, 3.63) is 29.6 Å². The molecule has 3 rings (SSSR count). The molecule has 1 unspecified atom stereocenters. The fourth-order valence-corrected chi connectivity index (χ4v) is 2.21. The first-order valence-corrected chi connectivity index (χ1v) is 6.46. The lowest BCUT2D eigenvalue weighted by Crippen LogP contribution is -2.09. The van der Waals surface area contributed by atoms with Crippen LogP contribution in [0.5, 0.6) is 5.75 Å². The minimum atomic E-state index is 0.205. The summed E-state index contributed by atoms with van der Waals surface area (Å²) in [4.78, 5) is 4.35. The van der Waals surface area contributed by atoms with Crippen LogP contribution in [0, 0.1) is 6.92 Å². The Morgan fingerprint density at radius 2 is 2.32 bits per heavy atom. The third-order valence-electron chi connectivity index (χ3n) is 3.36. The molecule has 0 radical (unpaired) electrons. The molecule has 5 nitrogen and oxygen atoms in total. The summed E-state index contributed by atoms with van der Waals surface area (Å²) >= 11 is 0. The molecule has 100 valence electrons. The molecular formula is C14H16N2O3. The van der Waals surface area contributed by atoms with Gasteiger partial charge in [0.15, 0.2) is 5.82 Å². The van der Waals surface area contributed by atoms with Gasteiger partial charge < -0.3 is 14.4 Å². The number of hydrogen-bond donors (Lipinski definition) is 1. The molecule has 0 spiro atoms. The van der Waals surface area contributed by atoms with Crippen LogP contribution >= 0.6 is 0 Å². The Labute approximate surface area is 111 Å². The van der Waals surface area contributed by atoms with E-state index in [4.69, 9.17) is 9.26 Å². The lowest BCUT2D eigenvalue weighted by molar-refractivity contribution is 0.109. The highest BCUT2D eigenvalue weighted by Crippen LogP contribution is 2.25. The molecular weight excluding hydrogens is 244 g/mol. The summed E-state index contributed by atoms with van der Waals surface area (Å²) in [6.45, 7) is 2.66. The second-order valence-corrected chi connectivity index (χ2v) is 4.86. The Hall–Kier alpha value is -1.88. The first-order chi connectivity index (χ1) is 9.22. The Balaban J connectivity index is 1.78. The Bertz CT molecular complexity index is 574. The van der Waals surface area contributed by atoms with Gasteiger partial charge in [-0.3, -0.25) is 0 Å². The van der Waals surface area contributed by atoms with Crippen LogP contribution in [0.2, 0.25) is 0 Å². The zero-order chi connectivity index (χ0) is 13.2. The summed E-state index contributed by atoms with van der Waals surface area (Å²) in [6, 6.07) is 5.33. The SMILES string of the molecule is Cc1ccc(-c2nc(CC3CCCO3)no2)cc1O. The molecule has 1 aliphatic rings. The van der Waals surface area contributed by atoms with Crippen LogP contribution in [-0.4, -0.2) is 28.0 Å². The van der Waals surface area contributed by atoms with E-state index in [2.05, 4.69) is 10.1 Å². The van der Waals surface area contributed by atoms with Crippen molar-refractivity contribution < 1.29 is 14.4 Å². The molecule has 0 amide bonds. The molecule has 19 heavy (non-hydrogen) atoms. The van der Waals surface area contributed by atoms with Gasteiger partial charge in [0.25, 0.3) is 5.89 Å².